The Labute approximate surface area is 172 Å². The van der Waals surface area contributed by atoms with Gasteiger partial charge in [0.25, 0.3) is 0 Å². The molecule has 1 aliphatic rings. The molecule has 0 aliphatic heterocycles. The summed E-state index contributed by atoms with van der Waals surface area (Å²) in [6.45, 7) is 1.97. The van der Waals surface area contributed by atoms with E-state index in [0.717, 1.165) is 52.0 Å². The minimum absolute atomic E-state index is 0.139. The number of aromatic amines is 1. The number of carboxylic acid groups (broad SMARTS) is 2. The first kappa shape index (κ1) is 20.8. The Hall–Kier alpha value is -3.94. The smallest absolute Gasteiger partial charge is 0.328 e. The summed E-state index contributed by atoms with van der Waals surface area (Å²) in [6.07, 6.45) is 6.37. The van der Waals surface area contributed by atoms with Crippen LogP contribution in [0.3, 0.4) is 0 Å². The highest BCUT2D eigenvalue weighted by atomic mass is 16.4. The lowest BCUT2D eigenvalue weighted by molar-refractivity contribution is -0.134. The molecule has 3 aromatic rings. The van der Waals surface area contributed by atoms with E-state index in [0.29, 0.717) is 12.2 Å². The lowest BCUT2D eigenvalue weighted by atomic mass is 9.89. The first-order chi connectivity index (χ1) is 14.3. The van der Waals surface area contributed by atoms with Gasteiger partial charge in [-0.15, -0.1) is 0 Å². The van der Waals surface area contributed by atoms with Crippen molar-refractivity contribution in [3.8, 4) is 0 Å². The number of nitrogens with one attached hydrogen (secondary N) is 1. The number of hydrogen-bond acceptors (Lipinski definition) is 4. The fourth-order valence-corrected chi connectivity index (χ4v) is 3.48. The number of carbonyl (C=O) groups is 3. The summed E-state index contributed by atoms with van der Waals surface area (Å²) in [5.41, 5.74) is 5.82. The summed E-state index contributed by atoms with van der Waals surface area (Å²) < 4.78 is 2.15. The van der Waals surface area contributed by atoms with E-state index >= 15 is 0 Å². The van der Waals surface area contributed by atoms with Gasteiger partial charge in [-0.1, -0.05) is 18.2 Å². The number of rotatable bonds is 3. The van der Waals surface area contributed by atoms with E-state index in [1.54, 1.807) is 6.33 Å². The summed E-state index contributed by atoms with van der Waals surface area (Å²) in [6, 6.07) is 8.12. The molecule has 0 radical (unpaired) electrons. The molecule has 1 aromatic carbocycles. The minimum atomic E-state index is -1.26. The number of ketones is 1. The molecule has 2 aromatic heterocycles. The average Bonchev–Trinajstić information content (AvgIpc) is 3.24. The van der Waals surface area contributed by atoms with E-state index in [1.807, 2.05) is 38.2 Å². The third kappa shape index (κ3) is 4.22. The van der Waals surface area contributed by atoms with Crippen LogP contribution >= 0.6 is 0 Å². The number of nitrogens with zero attached hydrogens (tertiary/aromatic N) is 2. The molecule has 2 heterocycles. The second-order valence-electron chi connectivity index (χ2n) is 6.82. The summed E-state index contributed by atoms with van der Waals surface area (Å²) >= 11 is 0. The van der Waals surface area contributed by atoms with Gasteiger partial charge in [-0.2, -0.15) is 0 Å². The molecular weight excluding hydrogens is 386 g/mol. The Bertz CT molecular complexity index is 1180. The highest BCUT2D eigenvalue weighted by Crippen LogP contribution is 2.34. The van der Waals surface area contributed by atoms with Crippen molar-refractivity contribution in [3.05, 3.63) is 71.0 Å². The Kier molecular flexibility index (Phi) is 5.96. The highest BCUT2D eigenvalue weighted by molar-refractivity contribution is 6.20. The van der Waals surface area contributed by atoms with Gasteiger partial charge >= 0.3 is 11.9 Å². The molecule has 0 unspecified atom stereocenters. The SMILES string of the molecule is Cc1[nH]cnc1C=C1CCc2c(c3ccccc3n2C)C1=O.O=C(O)/C=C\C(=O)O. The zero-order chi connectivity index (χ0) is 21.8. The standard InChI is InChI=1S/C18H17N3O.C4H4O4/c1-11-14(20-10-19-11)9-12-7-8-16-17(18(12)22)13-5-3-4-6-15(13)21(16)2;5-3(6)1-2-4(7)8/h3-6,9-10H,7-8H2,1-2H3,(H,19,20);1-2H,(H,5,6)(H,7,8)/b;2-1-. The monoisotopic (exact) mass is 407 g/mol. The third-order valence-corrected chi connectivity index (χ3v) is 4.93. The average molecular weight is 407 g/mol. The molecule has 0 bridgehead atoms. The van der Waals surface area contributed by atoms with Crippen LogP contribution in [0.15, 0.2) is 48.3 Å². The van der Waals surface area contributed by atoms with Crippen LogP contribution in [0.5, 0.6) is 0 Å². The normalized spacial score (nSPS) is 14.6. The number of allylic oxidation sites excluding steroid dienone is 1. The van der Waals surface area contributed by atoms with Gasteiger partial charge in [-0.25, -0.2) is 14.6 Å². The quantitative estimate of drug-likeness (QED) is 0.573. The molecule has 0 fully saturated rings. The second-order valence-corrected chi connectivity index (χ2v) is 6.82. The number of hydrogen-bond donors (Lipinski definition) is 3. The highest BCUT2D eigenvalue weighted by Gasteiger charge is 2.28. The maximum Gasteiger partial charge on any atom is 0.328 e. The molecular formula is C22H21N3O5. The first-order valence-electron chi connectivity index (χ1n) is 9.25. The van der Waals surface area contributed by atoms with Crippen molar-refractivity contribution in [1.29, 1.82) is 0 Å². The third-order valence-electron chi connectivity index (χ3n) is 4.93. The maximum absolute atomic E-state index is 13.0. The van der Waals surface area contributed by atoms with Crippen molar-refractivity contribution in [2.75, 3.05) is 0 Å². The zero-order valence-electron chi connectivity index (χ0n) is 16.5. The van der Waals surface area contributed by atoms with Gasteiger partial charge in [0.15, 0.2) is 5.78 Å². The van der Waals surface area contributed by atoms with E-state index in [9.17, 15) is 14.4 Å². The van der Waals surface area contributed by atoms with E-state index in [2.05, 4.69) is 20.6 Å². The van der Waals surface area contributed by atoms with Crippen molar-refractivity contribution < 1.29 is 24.6 Å². The van der Waals surface area contributed by atoms with Crippen LogP contribution in [0, 0.1) is 6.92 Å². The molecule has 8 nitrogen and oxygen atoms in total. The van der Waals surface area contributed by atoms with Crippen molar-refractivity contribution in [3.63, 3.8) is 0 Å². The molecule has 0 amide bonds. The van der Waals surface area contributed by atoms with Gasteiger partial charge in [0.05, 0.1) is 17.6 Å². The Morgan fingerprint density at radius 3 is 2.40 bits per heavy atom. The van der Waals surface area contributed by atoms with Gasteiger partial charge in [-0.05, 0) is 31.9 Å². The van der Waals surface area contributed by atoms with E-state index < -0.39 is 11.9 Å². The molecule has 30 heavy (non-hydrogen) atoms. The molecule has 0 atom stereocenters. The van der Waals surface area contributed by atoms with Crippen LogP contribution < -0.4 is 0 Å². The zero-order valence-corrected chi connectivity index (χ0v) is 16.5. The topological polar surface area (TPSA) is 125 Å². The number of Topliss-reactive ketones (excluding diaryl/α,β-unsaturated/α-hetero) is 1. The number of imidazole rings is 1. The van der Waals surface area contributed by atoms with Crippen LogP contribution in [0.1, 0.15) is 33.9 Å². The van der Waals surface area contributed by atoms with E-state index in [1.165, 1.54) is 0 Å². The molecule has 8 heteroatoms. The predicted octanol–water partition coefficient (Wildman–Crippen LogP) is 3.13. The Morgan fingerprint density at radius 1 is 1.13 bits per heavy atom. The number of aromatic nitrogens is 3. The number of benzene rings is 1. The summed E-state index contributed by atoms with van der Waals surface area (Å²) in [7, 11) is 2.04. The Balaban J connectivity index is 0.000000275. The van der Waals surface area contributed by atoms with Crippen LogP contribution in [-0.2, 0) is 23.1 Å². The number of carboxylic acids is 2. The van der Waals surface area contributed by atoms with Crippen molar-refractivity contribution in [2.24, 2.45) is 7.05 Å². The van der Waals surface area contributed by atoms with Crippen LogP contribution in [-0.4, -0.2) is 42.5 Å². The maximum atomic E-state index is 13.0. The predicted molar refractivity (Wildman–Crippen MR) is 111 cm³/mol. The number of aryl methyl sites for hydroxylation is 2. The Morgan fingerprint density at radius 2 is 1.80 bits per heavy atom. The second kappa shape index (κ2) is 8.60. The van der Waals surface area contributed by atoms with Gasteiger partial charge in [0.2, 0.25) is 0 Å². The molecule has 3 N–H and O–H groups in total. The molecule has 154 valence electrons. The molecule has 0 saturated carbocycles. The van der Waals surface area contributed by atoms with Crippen molar-refractivity contribution in [1.82, 2.24) is 14.5 Å². The number of fused-ring (bicyclic) bond motifs is 3. The fourth-order valence-electron chi connectivity index (χ4n) is 3.48. The summed E-state index contributed by atoms with van der Waals surface area (Å²) in [5, 5.41) is 16.7. The van der Waals surface area contributed by atoms with Crippen LogP contribution in [0.25, 0.3) is 17.0 Å². The molecule has 0 spiro atoms. The van der Waals surface area contributed by atoms with Gasteiger partial charge in [-0.3, -0.25) is 4.79 Å². The van der Waals surface area contributed by atoms with E-state index in [4.69, 9.17) is 10.2 Å². The molecule has 1 aliphatic carbocycles. The van der Waals surface area contributed by atoms with Crippen molar-refractivity contribution in [2.45, 2.75) is 19.8 Å². The number of para-hydroxylation sites is 1. The lowest BCUT2D eigenvalue weighted by Gasteiger charge is -2.15. The van der Waals surface area contributed by atoms with Gasteiger partial charge < -0.3 is 19.8 Å². The molecule has 0 saturated heterocycles. The number of H-pyrrole nitrogens is 1. The van der Waals surface area contributed by atoms with Gasteiger partial charge in [0, 0.05) is 47.1 Å². The van der Waals surface area contributed by atoms with Crippen LogP contribution in [0.4, 0.5) is 0 Å². The van der Waals surface area contributed by atoms with Crippen molar-refractivity contribution >= 4 is 34.7 Å². The van der Waals surface area contributed by atoms with E-state index in [-0.39, 0.29) is 5.78 Å². The number of aliphatic carboxylic acids is 2. The van der Waals surface area contributed by atoms with Crippen LogP contribution in [0.2, 0.25) is 0 Å². The largest absolute Gasteiger partial charge is 0.478 e. The fraction of sp³-hybridized carbons (Fsp3) is 0.182. The summed E-state index contributed by atoms with van der Waals surface area (Å²) in [4.78, 5) is 39.4. The summed E-state index contributed by atoms with van der Waals surface area (Å²) in [5.74, 6) is -2.37. The van der Waals surface area contributed by atoms with Gasteiger partial charge in [0.1, 0.15) is 0 Å². The lowest BCUT2D eigenvalue weighted by Crippen LogP contribution is -2.15. The number of carbonyl (C=O) groups excluding carboxylic acids is 1. The molecule has 4 rings (SSSR count). The first-order valence-corrected chi connectivity index (χ1v) is 9.25. The minimum Gasteiger partial charge on any atom is -0.478 e.